The summed E-state index contributed by atoms with van der Waals surface area (Å²) in [7, 11) is 0. The molecule has 2 heterocycles. The lowest BCUT2D eigenvalue weighted by Crippen LogP contribution is -2.28. The Hall–Kier alpha value is -2.26. The van der Waals surface area contributed by atoms with Crippen LogP contribution in [0.4, 0.5) is 0 Å². The minimum absolute atomic E-state index is 0.0153. The van der Waals surface area contributed by atoms with Crippen LogP contribution in [0.2, 0.25) is 0 Å². The SMILES string of the molecule is CCCCc1oc2ccccc2c1C(=O)c1cc(I)c(OCCN(CC)CC)c(I)c1.CCCCc1oc2ccccc2c1C(=O)c1cc(I)c(OCCN(CC)CC)c(I)c1. The Kier molecular flexibility index (Phi) is 20.8. The van der Waals surface area contributed by atoms with Gasteiger partial charge in [0.25, 0.3) is 0 Å². The van der Waals surface area contributed by atoms with E-state index in [2.05, 4.69) is 142 Å². The van der Waals surface area contributed by atoms with Gasteiger partial charge in [-0.2, -0.15) is 0 Å². The van der Waals surface area contributed by atoms with E-state index in [1.165, 1.54) is 0 Å². The van der Waals surface area contributed by atoms with Gasteiger partial charge < -0.3 is 28.1 Å². The van der Waals surface area contributed by atoms with Crippen molar-refractivity contribution in [2.24, 2.45) is 0 Å². The Morgan fingerprint density at radius 1 is 0.532 bits per heavy atom. The summed E-state index contributed by atoms with van der Waals surface area (Å²) >= 11 is 9.08. The number of hydrogen-bond acceptors (Lipinski definition) is 8. The van der Waals surface area contributed by atoms with Crippen LogP contribution in [0.5, 0.6) is 11.5 Å². The lowest BCUT2D eigenvalue weighted by atomic mass is 9.98. The number of fused-ring (bicyclic) bond motifs is 2. The van der Waals surface area contributed by atoms with Crippen molar-refractivity contribution in [1.29, 1.82) is 0 Å². The fraction of sp³-hybridized carbons (Fsp3) is 0.400. The second-order valence-corrected chi connectivity index (χ2v) is 19.6. The monoisotopic (exact) mass is 1290 g/mol. The number of para-hydroxylation sites is 2. The highest BCUT2D eigenvalue weighted by atomic mass is 127. The molecule has 0 bridgehead atoms. The molecule has 0 aliphatic rings. The van der Waals surface area contributed by atoms with Gasteiger partial charge in [0.2, 0.25) is 0 Å². The van der Waals surface area contributed by atoms with E-state index in [1.54, 1.807) is 0 Å². The zero-order valence-corrected chi connectivity index (χ0v) is 45.3. The molecule has 0 radical (unpaired) electrons. The van der Waals surface area contributed by atoms with E-state index in [9.17, 15) is 9.59 Å². The Labute approximate surface area is 422 Å². The van der Waals surface area contributed by atoms with Crippen LogP contribution in [0.25, 0.3) is 21.9 Å². The molecule has 0 fully saturated rings. The number of nitrogens with zero attached hydrogens (tertiary/aromatic N) is 2. The number of carbonyl (C=O) groups excluding carboxylic acids is 2. The number of likely N-dealkylation sites (N-methyl/N-ethyl adjacent to an activating group) is 2. The molecule has 6 rings (SSSR count). The number of carbonyl (C=O) groups is 2. The van der Waals surface area contributed by atoms with Crippen molar-refractivity contribution in [3.05, 3.63) is 121 Å². The molecular weight excluding hydrogens is 1230 g/mol. The molecule has 0 N–H and O–H groups in total. The zero-order chi connectivity index (χ0) is 44.8. The van der Waals surface area contributed by atoms with Crippen molar-refractivity contribution in [3.8, 4) is 11.5 Å². The normalized spacial score (nSPS) is 11.4. The summed E-state index contributed by atoms with van der Waals surface area (Å²) in [4.78, 5) is 31.8. The Balaban J connectivity index is 0.000000234. The van der Waals surface area contributed by atoms with Gasteiger partial charge in [-0.05, 0) is 166 Å². The van der Waals surface area contributed by atoms with E-state index in [0.717, 1.165) is 137 Å². The first-order valence-electron chi connectivity index (χ1n) is 21.8. The van der Waals surface area contributed by atoms with Gasteiger partial charge in [0.1, 0.15) is 47.4 Å². The molecule has 0 unspecified atom stereocenters. The fourth-order valence-corrected chi connectivity index (χ4v) is 11.5. The van der Waals surface area contributed by atoms with Crippen molar-refractivity contribution in [1.82, 2.24) is 9.80 Å². The molecule has 0 aliphatic carbocycles. The van der Waals surface area contributed by atoms with Crippen LogP contribution in [-0.2, 0) is 12.8 Å². The predicted molar refractivity (Wildman–Crippen MR) is 287 cm³/mol. The minimum atomic E-state index is 0.0153. The maximum absolute atomic E-state index is 13.6. The van der Waals surface area contributed by atoms with Gasteiger partial charge in [-0.15, -0.1) is 0 Å². The van der Waals surface area contributed by atoms with Crippen molar-refractivity contribution < 1.29 is 27.9 Å². The minimum Gasteiger partial charge on any atom is -0.490 e. The van der Waals surface area contributed by atoms with Crippen molar-refractivity contribution in [2.45, 2.75) is 80.1 Å². The quantitative estimate of drug-likeness (QED) is 0.0491. The number of halogens is 4. The Morgan fingerprint density at radius 2 is 0.871 bits per heavy atom. The van der Waals surface area contributed by atoms with Crippen LogP contribution in [0.15, 0.2) is 81.6 Å². The maximum atomic E-state index is 13.6. The number of furan rings is 2. The molecule has 4 aromatic carbocycles. The van der Waals surface area contributed by atoms with Gasteiger partial charge in [0.15, 0.2) is 11.6 Å². The number of rotatable bonds is 22. The highest BCUT2D eigenvalue weighted by Gasteiger charge is 2.25. The van der Waals surface area contributed by atoms with Crippen LogP contribution >= 0.6 is 90.4 Å². The molecule has 0 atom stereocenters. The second-order valence-electron chi connectivity index (χ2n) is 14.9. The van der Waals surface area contributed by atoms with E-state index in [0.29, 0.717) is 35.5 Å². The van der Waals surface area contributed by atoms with Crippen LogP contribution in [-0.4, -0.2) is 73.8 Å². The molecule has 0 amide bonds. The number of benzene rings is 4. The summed E-state index contributed by atoms with van der Waals surface area (Å²) in [5, 5.41) is 1.78. The topological polar surface area (TPSA) is 85.4 Å². The lowest BCUT2D eigenvalue weighted by Gasteiger charge is -2.19. The average Bonchev–Trinajstić information content (AvgIpc) is 3.84. The van der Waals surface area contributed by atoms with Gasteiger partial charge in [-0.1, -0.05) is 90.8 Å². The summed E-state index contributed by atoms with van der Waals surface area (Å²) in [6, 6.07) is 23.4. The largest absolute Gasteiger partial charge is 0.490 e. The first kappa shape index (κ1) is 50.7. The van der Waals surface area contributed by atoms with Crippen LogP contribution in [0, 0.1) is 14.3 Å². The lowest BCUT2D eigenvalue weighted by molar-refractivity contribution is 0.103. The van der Waals surface area contributed by atoms with Gasteiger partial charge in [-0.25, -0.2) is 0 Å². The van der Waals surface area contributed by atoms with E-state index in [4.69, 9.17) is 18.3 Å². The zero-order valence-electron chi connectivity index (χ0n) is 36.7. The fourth-order valence-electron chi connectivity index (χ4n) is 7.30. The molecule has 2 aromatic heterocycles. The van der Waals surface area contributed by atoms with E-state index >= 15 is 0 Å². The third-order valence-electron chi connectivity index (χ3n) is 10.9. The van der Waals surface area contributed by atoms with Crippen molar-refractivity contribution in [2.75, 3.05) is 52.5 Å². The van der Waals surface area contributed by atoms with Gasteiger partial charge >= 0.3 is 0 Å². The van der Waals surface area contributed by atoms with Gasteiger partial charge in [0, 0.05) is 47.8 Å². The second kappa shape index (κ2) is 25.4. The van der Waals surface area contributed by atoms with E-state index in [-0.39, 0.29) is 11.6 Å². The molecule has 8 nitrogen and oxygen atoms in total. The molecule has 0 saturated heterocycles. The third kappa shape index (κ3) is 13.0. The predicted octanol–water partition coefficient (Wildman–Crippen LogP) is 13.9. The third-order valence-corrected chi connectivity index (χ3v) is 14.1. The number of ketones is 2. The summed E-state index contributed by atoms with van der Waals surface area (Å²) < 4.78 is 28.1. The molecule has 332 valence electrons. The summed E-state index contributed by atoms with van der Waals surface area (Å²) in [6.45, 7) is 20.0. The number of unbranched alkanes of at least 4 members (excludes halogenated alkanes) is 2. The van der Waals surface area contributed by atoms with Gasteiger partial charge in [0.05, 0.1) is 25.4 Å². The highest BCUT2D eigenvalue weighted by molar-refractivity contribution is 14.1. The number of hydrogen-bond donors (Lipinski definition) is 0. The molecule has 0 saturated carbocycles. The molecule has 0 aliphatic heterocycles. The number of ether oxygens (including phenoxy) is 2. The first-order chi connectivity index (χ1) is 30.0. The summed E-state index contributed by atoms with van der Waals surface area (Å²) in [6.07, 6.45) is 5.64. The Morgan fingerprint density at radius 3 is 1.19 bits per heavy atom. The summed E-state index contributed by atoms with van der Waals surface area (Å²) in [5.74, 6) is 3.32. The van der Waals surface area contributed by atoms with Crippen LogP contribution in [0.1, 0.15) is 111 Å². The Bertz CT molecular complexity index is 2200. The average molecular weight is 1290 g/mol. The van der Waals surface area contributed by atoms with Crippen molar-refractivity contribution in [3.63, 3.8) is 0 Å². The van der Waals surface area contributed by atoms with Crippen molar-refractivity contribution >= 4 is 124 Å². The van der Waals surface area contributed by atoms with E-state index in [1.807, 2.05) is 72.8 Å². The first-order valence-corrected chi connectivity index (χ1v) is 26.1. The highest BCUT2D eigenvalue weighted by Crippen LogP contribution is 2.35. The molecule has 12 heteroatoms. The number of aryl methyl sites for hydroxylation is 2. The molecule has 62 heavy (non-hydrogen) atoms. The molecule has 0 spiro atoms. The van der Waals surface area contributed by atoms with E-state index < -0.39 is 0 Å². The maximum Gasteiger partial charge on any atom is 0.197 e. The summed E-state index contributed by atoms with van der Waals surface area (Å²) in [5.41, 5.74) is 4.30. The molecule has 6 aromatic rings. The van der Waals surface area contributed by atoms with Crippen LogP contribution < -0.4 is 9.47 Å². The molecular formula is C50H58I4N2O6. The van der Waals surface area contributed by atoms with Gasteiger partial charge in [-0.3, -0.25) is 9.59 Å². The van der Waals surface area contributed by atoms with Crippen LogP contribution in [0.3, 0.4) is 0 Å². The smallest absolute Gasteiger partial charge is 0.197 e. The standard InChI is InChI=1S/2C25H29I2NO3/c2*1-4-7-11-22-23(18-10-8-9-12-21(18)31-22)24(29)17-15-19(26)25(20(27)16-17)30-14-13-28(5-2)6-3/h2*8-10,12,15-16H,4-7,11,13-14H2,1-3H3.